The number of rotatable bonds is 7. The molecule has 0 spiro atoms. The third-order valence-corrected chi connectivity index (χ3v) is 7.17. The van der Waals surface area contributed by atoms with Crippen molar-refractivity contribution in [1.29, 1.82) is 0 Å². The van der Waals surface area contributed by atoms with Crippen LogP contribution in [-0.4, -0.2) is 58.4 Å². The zero-order valence-corrected chi connectivity index (χ0v) is 21.1. The average molecular weight is 472 g/mol. The molecule has 2 aliphatic rings. The quantitative estimate of drug-likeness (QED) is 0.424. The third kappa shape index (κ3) is 5.56. The summed E-state index contributed by atoms with van der Waals surface area (Å²) in [5.41, 5.74) is 6.25. The minimum absolute atomic E-state index is 0.784. The molecule has 2 aliphatic heterocycles. The molecule has 35 heavy (non-hydrogen) atoms. The number of nitrogens with zero attached hydrogens (tertiary/aromatic N) is 5. The molecular weight excluding hydrogens is 434 g/mol. The first-order valence-corrected chi connectivity index (χ1v) is 13.1. The number of piperidine rings is 2. The Kier molecular flexibility index (Phi) is 7.42. The van der Waals surface area contributed by atoms with E-state index in [1.807, 2.05) is 0 Å². The van der Waals surface area contributed by atoms with Gasteiger partial charge in [0.2, 0.25) is 0 Å². The van der Waals surface area contributed by atoms with Crippen LogP contribution in [0.1, 0.15) is 52.4 Å². The Bertz CT molecular complexity index is 1180. The highest BCUT2D eigenvalue weighted by Gasteiger charge is 2.17. The van der Waals surface area contributed by atoms with E-state index in [0.29, 0.717) is 0 Å². The number of hydrogen-bond donors (Lipinski definition) is 2. The first-order chi connectivity index (χ1) is 17.2. The van der Waals surface area contributed by atoms with Crippen LogP contribution in [0.5, 0.6) is 0 Å². The van der Waals surface area contributed by atoms with Gasteiger partial charge in [0.25, 0.3) is 0 Å². The smallest absolute Gasteiger partial charge is 0.143 e. The predicted molar refractivity (Wildman–Crippen MR) is 146 cm³/mol. The zero-order valence-electron chi connectivity index (χ0n) is 21.1. The molecule has 2 saturated heterocycles. The number of H-pyrrole nitrogens is 1. The van der Waals surface area contributed by atoms with E-state index in [2.05, 4.69) is 80.3 Å². The Labute approximate surface area is 208 Å². The molecule has 0 bridgehead atoms. The number of nitrogens with one attached hydrogen (secondary N) is 2. The minimum Gasteiger partial charge on any atom is -0.356 e. The van der Waals surface area contributed by atoms with Gasteiger partial charge in [-0.25, -0.2) is 9.97 Å². The lowest BCUT2D eigenvalue weighted by Crippen LogP contribution is -2.30. The maximum Gasteiger partial charge on any atom is 0.143 e. The van der Waals surface area contributed by atoms with Crippen LogP contribution in [0.3, 0.4) is 0 Å². The fourth-order valence-electron chi connectivity index (χ4n) is 5.09. The Balaban J connectivity index is 1.28. The summed E-state index contributed by atoms with van der Waals surface area (Å²) in [7, 11) is 0. The molecule has 4 heterocycles. The van der Waals surface area contributed by atoms with Crippen molar-refractivity contribution < 1.29 is 0 Å². The lowest BCUT2D eigenvalue weighted by Gasteiger charge is -2.27. The van der Waals surface area contributed by atoms with Crippen molar-refractivity contribution in [3.05, 3.63) is 48.4 Å². The van der Waals surface area contributed by atoms with Gasteiger partial charge in [-0.2, -0.15) is 0 Å². The Hall–Kier alpha value is -3.19. The number of aromatic nitrogens is 3. The molecule has 7 heteroatoms. The standard InChI is InChI=1S/C28H37N7/c1-3-25(21(2)31-20-34-14-6-4-7-15-34)32-23-12-10-22(11-13-23)26-18-24-27(33-26)29-19-30-28(24)35-16-8-5-9-17-35/h3,10-13,18-19,32H,4-9,14-17,20H2,1-2H3,(H,29,30,33)/b25-3+,31-21-. The first kappa shape index (κ1) is 23.5. The predicted octanol–water partition coefficient (Wildman–Crippen LogP) is 5.84. The summed E-state index contributed by atoms with van der Waals surface area (Å²) < 4.78 is 0. The van der Waals surface area contributed by atoms with Gasteiger partial charge in [0, 0.05) is 24.5 Å². The van der Waals surface area contributed by atoms with Crippen LogP contribution in [0.15, 0.2) is 53.4 Å². The van der Waals surface area contributed by atoms with E-state index in [-0.39, 0.29) is 0 Å². The van der Waals surface area contributed by atoms with Gasteiger partial charge >= 0.3 is 0 Å². The van der Waals surface area contributed by atoms with Crippen molar-refractivity contribution in [2.75, 3.05) is 43.1 Å². The van der Waals surface area contributed by atoms with Crippen molar-refractivity contribution in [1.82, 2.24) is 19.9 Å². The van der Waals surface area contributed by atoms with Crippen molar-refractivity contribution >= 4 is 28.3 Å². The monoisotopic (exact) mass is 471 g/mol. The molecule has 0 amide bonds. The fourth-order valence-corrected chi connectivity index (χ4v) is 5.09. The topological polar surface area (TPSA) is 72.4 Å². The van der Waals surface area contributed by atoms with Gasteiger partial charge in [-0.1, -0.05) is 24.6 Å². The molecule has 0 unspecified atom stereocenters. The lowest BCUT2D eigenvalue weighted by atomic mass is 10.1. The number of fused-ring (bicyclic) bond motifs is 1. The van der Waals surface area contributed by atoms with Gasteiger partial charge in [0.1, 0.15) is 17.8 Å². The number of benzene rings is 1. The summed E-state index contributed by atoms with van der Waals surface area (Å²) >= 11 is 0. The number of hydrogen-bond acceptors (Lipinski definition) is 6. The SMILES string of the molecule is C/C=C(Nc1ccc(-c2cc3c(N4CCCCC4)ncnc3[nH]2)cc1)\C(C)=N/CN1CCCCC1. The van der Waals surface area contributed by atoms with E-state index in [9.17, 15) is 0 Å². The molecule has 184 valence electrons. The highest BCUT2D eigenvalue weighted by molar-refractivity contribution is 6.00. The first-order valence-electron chi connectivity index (χ1n) is 13.1. The summed E-state index contributed by atoms with van der Waals surface area (Å²) in [6.45, 7) is 9.40. The van der Waals surface area contributed by atoms with Gasteiger partial charge in [0.05, 0.1) is 23.5 Å². The van der Waals surface area contributed by atoms with E-state index in [1.54, 1.807) is 6.33 Å². The summed E-state index contributed by atoms with van der Waals surface area (Å²) in [5.74, 6) is 1.05. The third-order valence-electron chi connectivity index (χ3n) is 7.17. The Morgan fingerprint density at radius 2 is 1.71 bits per heavy atom. The molecule has 7 nitrogen and oxygen atoms in total. The number of aliphatic imine (C=N–C) groups is 1. The van der Waals surface area contributed by atoms with E-state index in [1.165, 1.54) is 38.5 Å². The van der Waals surface area contributed by atoms with Crippen LogP contribution in [0.25, 0.3) is 22.3 Å². The number of likely N-dealkylation sites (tertiary alicyclic amines) is 1. The normalized spacial score (nSPS) is 18.3. The van der Waals surface area contributed by atoms with Crippen molar-refractivity contribution in [2.24, 2.45) is 4.99 Å². The molecule has 2 fully saturated rings. The van der Waals surface area contributed by atoms with Gasteiger partial charge < -0.3 is 15.2 Å². The summed E-state index contributed by atoms with van der Waals surface area (Å²) in [5, 5.41) is 4.65. The molecule has 2 aromatic heterocycles. The maximum absolute atomic E-state index is 4.84. The van der Waals surface area contributed by atoms with E-state index >= 15 is 0 Å². The van der Waals surface area contributed by atoms with Gasteiger partial charge in [-0.05, 0) is 82.8 Å². The van der Waals surface area contributed by atoms with Gasteiger partial charge in [-0.15, -0.1) is 0 Å². The molecule has 0 atom stereocenters. The number of allylic oxidation sites excluding steroid dienone is 2. The van der Waals surface area contributed by atoms with E-state index in [4.69, 9.17) is 4.99 Å². The van der Waals surface area contributed by atoms with Crippen LogP contribution in [0, 0.1) is 0 Å². The van der Waals surface area contributed by atoms with E-state index in [0.717, 1.165) is 78.1 Å². The molecule has 0 saturated carbocycles. The largest absolute Gasteiger partial charge is 0.356 e. The maximum atomic E-state index is 4.84. The van der Waals surface area contributed by atoms with E-state index < -0.39 is 0 Å². The van der Waals surface area contributed by atoms with Crippen LogP contribution in [0.4, 0.5) is 11.5 Å². The van der Waals surface area contributed by atoms with Gasteiger partial charge in [-0.3, -0.25) is 9.89 Å². The molecule has 0 radical (unpaired) electrons. The zero-order chi connectivity index (χ0) is 24.0. The van der Waals surface area contributed by atoms with Crippen molar-refractivity contribution in [2.45, 2.75) is 52.4 Å². The Morgan fingerprint density at radius 1 is 1.00 bits per heavy atom. The molecule has 3 aromatic rings. The van der Waals surface area contributed by atoms with Crippen molar-refractivity contribution in [3.63, 3.8) is 0 Å². The Morgan fingerprint density at radius 3 is 2.43 bits per heavy atom. The highest BCUT2D eigenvalue weighted by atomic mass is 15.2. The number of aromatic amines is 1. The molecular formula is C28H37N7. The second-order valence-electron chi connectivity index (χ2n) is 9.66. The molecule has 0 aliphatic carbocycles. The lowest BCUT2D eigenvalue weighted by molar-refractivity contribution is 0.236. The fraction of sp³-hybridized carbons (Fsp3) is 0.464. The number of anilines is 2. The van der Waals surface area contributed by atoms with Crippen molar-refractivity contribution in [3.8, 4) is 11.3 Å². The van der Waals surface area contributed by atoms with Crippen LogP contribution in [0.2, 0.25) is 0 Å². The highest BCUT2D eigenvalue weighted by Crippen LogP contribution is 2.30. The molecule has 5 rings (SSSR count). The molecule has 1 aromatic carbocycles. The summed E-state index contributed by atoms with van der Waals surface area (Å²) in [6.07, 6.45) is 11.5. The summed E-state index contributed by atoms with van der Waals surface area (Å²) in [4.78, 5) is 22.3. The molecule has 2 N–H and O–H groups in total. The second kappa shape index (κ2) is 11.0. The van der Waals surface area contributed by atoms with Gasteiger partial charge in [0.15, 0.2) is 0 Å². The van der Waals surface area contributed by atoms with Crippen LogP contribution >= 0.6 is 0 Å². The average Bonchev–Trinajstić information content (AvgIpc) is 3.36. The van der Waals surface area contributed by atoms with Crippen LogP contribution < -0.4 is 10.2 Å². The summed E-state index contributed by atoms with van der Waals surface area (Å²) in [6, 6.07) is 10.7. The second-order valence-corrected chi connectivity index (χ2v) is 9.66. The minimum atomic E-state index is 0.784. The van der Waals surface area contributed by atoms with Crippen LogP contribution in [-0.2, 0) is 0 Å².